The van der Waals surface area contributed by atoms with Crippen molar-refractivity contribution in [2.45, 2.75) is 45.6 Å². The molecule has 1 saturated heterocycles. The zero-order chi connectivity index (χ0) is 21.5. The molecule has 158 valence electrons. The maximum Gasteiger partial charge on any atom is 0.410 e. The number of nitrogens with zero attached hydrogens (tertiary/aromatic N) is 1. The van der Waals surface area contributed by atoms with Crippen LogP contribution in [0, 0.1) is 11.3 Å². The fourth-order valence-electron chi connectivity index (χ4n) is 4.81. The number of amides is 1. The molecule has 2 aromatic rings. The summed E-state index contributed by atoms with van der Waals surface area (Å²) >= 11 is 0. The van der Waals surface area contributed by atoms with Crippen LogP contribution in [0.4, 0.5) is 4.79 Å². The van der Waals surface area contributed by atoms with Crippen LogP contribution in [0.25, 0.3) is 11.1 Å². The lowest BCUT2D eigenvalue weighted by molar-refractivity contribution is -0.145. The highest BCUT2D eigenvalue weighted by molar-refractivity contribution is 5.81. The molecule has 0 saturated carbocycles. The van der Waals surface area contributed by atoms with Crippen LogP contribution in [0.2, 0.25) is 0 Å². The Morgan fingerprint density at radius 3 is 2.10 bits per heavy atom. The second-order valence-corrected chi connectivity index (χ2v) is 9.45. The van der Waals surface area contributed by atoms with E-state index in [1.54, 1.807) is 0 Å². The van der Waals surface area contributed by atoms with Crippen LogP contribution in [-0.2, 0) is 9.53 Å². The quantitative estimate of drug-likeness (QED) is 0.764. The van der Waals surface area contributed by atoms with Gasteiger partial charge in [0.25, 0.3) is 0 Å². The lowest BCUT2D eigenvalue weighted by atomic mass is 9.75. The summed E-state index contributed by atoms with van der Waals surface area (Å²) in [6, 6.07) is 15.5. The minimum atomic E-state index is -0.962. The Morgan fingerprint density at radius 1 is 1.00 bits per heavy atom. The van der Waals surface area contributed by atoms with Gasteiger partial charge in [0.2, 0.25) is 0 Å². The predicted octanol–water partition coefficient (Wildman–Crippen LogP) is 5.15. The molecule has 0 aromatic heterocycles. The molecular weight excluding hydrogens is 378 g/mol. The number of rotatable bonds is 3. The summed E-state index contributed by atoms with van der Waals surface area (Å²) < 4.78 is 5.74. The minimum absolute atomic E-state index is 0.00529. The number of likely N-dealkylation sites (tertiary alicyclic amines) is 1. The molecule has 0 spiro atoms. The molecule has 5 heteroatoms. The van der Waals surface area contributed by atoms with Crippen LogP contribution in [0.5, 0.6) is 0 Å². The van der Waals surface area contributed by atoms with Crippen molar-refractivity contribution >= 4 is 12.1 Å². The van der Waals surface area contributed by atoms with Gasteiger partial charge < -0.3 is 9.84 Å². The van der Waals surface area contributed by atoms with E-state index in [0.29, 0.717) is 13.0 Å². The Kier molecular flexibility index (Phi) is 5.31. The highest BCUT2D eigenvalue weighted by Crippen LogP contribution is 2.44. The fourth-order valence-corrected chi connectivity index (χ4v) is 4.81. The van der Waals surface area contributed by atoms with Gasteiger partial charge in [-0.2, -0.15) is 0 Å². The Bertz CT molecular complexity index is 916. The average Bonchev–Trinajstić information content (AvgIpc) is 3.04. The van der Waals surface area contributed by atoms with Crippen molar-refractivity contribution in [1.82, 2.24) is 4.90 Å². The van der Waals surface area contributed by atoms with E-state index >= 15 is 0 Å². The minimum Gasteiger partial charge on any atom is -0.480 e. The second kappa shape index (κ2) is 7.78. The Hall–Kier alpha value is -2.82. The number of ether oxygens (including phenoxy) is 1. The monoisotopic (exact) mass is 407 g/mol. The first-order valence-corrected chi connectivity index (χ1v) is 10.6. The highest BCUT2D eigenvalue weighted by Gasteiger charge is 2.41. The highest BCUT2D eigenvalue weighted by atomic mass is 16.6. The lowest BCUT2D eigenvalue weighted by Crippen LogP contribution is -2.53. The fraction of sp³-hybridized carbons (Fsp3) is 0.440. The standard InChI is InChI=1S/C25H29NO4/c1-25(2,3)16-12-13-22(23(27)28)26(14-16)24(29)30-15-21-19-10-6-4-8-17(19)18-9-5-7-11-20(18)21/h4-11,16,21-22H,12-15H2,1-3H3,(H,27,28)/t16-,22+/m0/s1. The third-order valence-corrected chi connectivity index (χ3v) is 6.66. The first-order valence-electron chi connectivity index (χ1n) is 10.6. The molecule has 30 heavy (non-hydrogen) atoms. The molecule has 2 aromatic carbocycles. The maximum atomic E-state index is 13.0. The number of carbonyl (C=O) groups is 2. The van der Waals surface area contributed by atoms with Gasteiger partial charge in [0.05, 0.1) is 0 Å². The van der Waals surface area contributed by atoms with Gasteiger partial charge in [-0.1, -0.05) is 69.3 Å². The molecule has 2 atom stereocenters. The van der Waals surface area contributed by atoms with Crippen LogP contribution in [0.1, 0.15) is 50.7 Å². The molecule has 1 aliphatic heterocycles. The molecular formula is C25H29NO4. The van der Waals surface area contributed by atoms with Crippen LogP contribution >= 0.6 is 0 Å². The number of carboxylic acids is 1. The Labute approximate surface area is 177 Å². The van der Waals surface area contributed by atoms with E-state index in [0.717, 1.165) is 17.5 Å². The van der Waals surface area contributed by atoms with Crippen molar-refractivity contribution in [2.24, 2.45) is 11.3 Å². The number of hydrogen-bond donors (Lipinski definition) is 1. The molecule has 2 aliphatic rings. The summed E-state index contributed by atoms with van der Waals surface area (Å²) in [5.41, 5.74) is 4.64. The van der Waals surface area contributed by atoms with E-state index in [9.17, 15) is 14.7 Å². The van der Waals surface area contributed by atoms with E-state index in [2.05, 4.69) is 45.0 Å². The molecule has 0 radical (unpaired) electrons. The van der Waals surface area contributed by atoms with Crippen LogP contribution in [0.15, 0.2) is 48.5 Å². The number of fused-ring (bicyclic) bond motifs is 3. The Balaban J connectivity index is 1.53. The molecule has 1 fully saturated rings. The lowest BCUT2D eigenvalue weighted by Gasteiger charge is -2.42. The van der Waals surface area contributed by atoms with Crippen molar-refractivity contribution in [1.29, 1.82) is 0 Å². The molecule has 1 aliphatic carbocycles. The normalized spacial score (nSPS) is 21.1. The molecule has 1 heterocycles. The first-order chi connectivity index (χ1) is 14.3. The van der Waals surface area contributed by atoms with E-state index in [1.165, 1.54) is 16.0 Å². The molecule has 1 N–H and O–H groups in total. The van der Waals surface area contributed by atoms with Gasteiger partial charge in [-0.05, 0) is 46.4 Å². The smallest absolute Gasteiger partial charge is 0.410 e. The third-order valence-electron chi connectivity index (χ3n) is 6.66. The molecule has 1 amide bonds. The number of carbonyl (C=O) groups excluding carboxylic acids is 1. The van der Waals surface area contributed by atoms with Gasteiger partial charge >= 0.3 is 12.1 Å². The van der Waals surface area contributed by atoms with Crippen LogP contribution < -0.4 is 0 Å². The van der Waals surface area contributed by atoms with Gasteiger partial charge in [-0.3, -0.25) is 4.90 Å². The van der Waals surface area contributed by atoms with E-state index in [-0.39, 0.29) is 23.9 Å². The molecule has 5 nitrogen and oxygen atoms in total. The van der Waals surface area contributed by atoms with Crippen molar-refractivity contribution in [3.05, 3.63) is 59.7 Å². The van der Waals surface area contributed by atoms with Gasteiger partial charge in [0.15, 0.2) is 0 Å². The van der Waals surface area contributed by atoms with Gasteiger partial charge in [-0.15, -0.1) is 0 Å². The van der Waals surface area contributed by atoms with E-state index < -0.39 is 18.1 Å². The largest absolute Gasteiger partial charge is 0.480 e. The summed E-state index contributed by atoms with van der Waals surface area (Å²) in [4.78, 5) is 26.2. The molecule has 0 bridgehead atoms. The number of piperidine rings is 1. The summed E-state index contributed by atoms with van der Waals surface area (Å²) in [7, 11) is 0. The average molecular weight is 408 g/mol. The number of carboxylic acid groups (broad SMARTS) is 1. The van der Waals surface area contributed by atoms with E-state index in [4.69, 9.17) is 4.74 Å². The van der Waals surface area contributed by atoms with Gasteiger partial charge in [-0.25, -0.2) is 9.59 Å². The first kappa shape index (κ1) is 20.5. The third kappa shape index (κ3) is 3.69. The summed E-state index contributed by atoms with van der Waals surface area (Å²) in [6.45, 7) is 7.02. The van der Waals surface area contributed by atoms with Crippen molar-refractivity contribution in [3.63, 3.8) is 0 Å². The van der Waals surface area contributed by atoms with Gasteiger partial charge in [0.1, 0.15) is 12.6 Å². The zero-order valence-electron chi connectivity index (χ0n) is 17.8. The predicted molar refractivity (Wildman–Crippen MR) is 115 cm³/mol. The Morgan fingerprint density at radius 2 is 1.57 bits per heavy atom. The number of aliphatic carboxylic acids is 1. The summed E-state index contributed by atoms with van der Waals surface area (Å²) in [5.74, 6) is -0.753. The van der Waals surface area contributed by atoms with E-state index in [1.807, 2.05) is 24.3 Å². The summed E-state index contributed by atoms with van der Waals surface area (Å²) in [6.07, 6.45) is 0.730. The summed E-state index contributed by atoms with van der Waals surface area (Å²) in [5, 5.41) is 9.64. The maximum absolute atomic E-state index is 13.0. The van der Waals surface area contributed by atoms with Crippen molar-refractivity contribution in [3.8, 4) is 11.1 Å². The van der Waals surface area contributed by atoms with Crippen LogP contribution in [-0.4, -0.2) is 41.3 Å². The second-order valence-electron chi connectivity index (χ2n) is 9.45. The zero-order valence-corrected chi connectivity index (χ0v) is 17.8. The van der Waals surface area contributed by atoms with Crippen molar-refractivity contribution in [2.75, 3.05) is 13.2 Å². The van der Waals surface area contributed by atoms with Crippen LogP contribution in [0.3, 0.4) is 0 Å². The molecule has 0 unspecified atom stereocenters. The topological polar surface area (TPSA) is 66.8 Å². The molecule has 4 rings (SSSR count). The number of hydrogen-bond acceptors (Lipinski definition) is 3. The SMILES string of the molecule is CC(C)(C)[C@H]1CC[C@H](C(=O)O)N(C(=O)OCC2c3ccccc3-c3ccccc32)C1. The number of benzene rings is 2. The van der Waals surface area contributed by atoms with Gasteiger partial charge in [0, 0.05) is 12.5 Å². The van der Waals surface area contributed by atoms with Crippen molar-refractivity contribution < 1.29 is 19.4 Å².